The fourth-order valence-electron chi connectivity index (χ4n) is 1.55. The normalized spacial score (nSPS) is 10.2. The molecule has 8 heteroatoms. The number of carbonyl (C=O) groups excluding carboxylic acids is 2. The average Bonchev–Trinajstić information content (AvgIpc) is 2.84. The zero-order valence-electron chi connectivity index (χ0n) is 11.2. The van der Waals surface area contributed by atoms with E-state index in [9.17, 15) is 9.59 Å². The third-order valence-electron chi connectivity index (χ3n) is 2.65. The number of esters is 1. The molecule has 110 valence electrons. The van der Waals surface area contributed by atoms with Crippen molar-refractivity contribution < 1.29 is 14.3 Å². The van der Waals surface area contributed by atoms with Crippen molar-refractivity contribution in [2.75, 3.05) is 13.2 Å². The highest BCUT2D eigenvalue weighted by atomic mass is 79.9. The molecular weight excluding hydrogens is 340 g/mol. The van der Waals surface area contributed by atoms with Gasteiger partial charge in [-0.1, -0.05) is 0 Å². The number of amides is 1. The maximum atomic E-state index is 11.8. The number of aryl methyl sites for hydroxylation is 1. The summed E-state index contributed by atoms with van der Waals surface area (Å²) in [6.07, 6.45) is 4.49. The molecule has 21 heavy (non-hydrogen) atoms. The number of nitrogens with one attached hydrogen (secondary N) is 1. The molecule has 2 aromatic rings. The highest BCUT2D eigenvalue weighted by Gasteiger charge is 2.15. The van der Waals surface area contributed by atoms with Gasteiger partial charge in [0, 0.05) is 25.0 Å². The van der Waals surface area contributed by atoms with E-state index in [1.165, 1.54) is 23.3 Å². The van der Waals surface area contributed by atoms with Crippen LogP contribution in [0.2, 0.25) is 0 Å². The Morgan fingerprint density at radius 3 is 2.71 bits per heavy atom. The van der Waals surface area contributed by atoms with Crippen molar-refractivity contribution in [3.8, 4) is 0 Å². The maximum absolute atomic E-state index is 11.8. The Balaban J connectivity index is 1.76. The van der Waals surface area contributed by atoms with Crippen LogP contribution in [-0.4, -0.2) is 39.8 Å². The minimum absolute atomic E-state index is 0.0803. The summed E-state index contributed by atoms with van der Waals surface area (Å²) in [5.41, 5.74) is 0.851. The first-order chi connectivity index (χ1) is 10.1. The van der Waals surface area contributed by atoms with Crippen molar-refractivity contribution in [2.45, 2.75) is 0 Å². The second-order valence-electron chi connectivity index (χ2n) is 4.10. The Hall–Kier alpha value is -2.22. The second-order valence-corrected chi connectivity index (χ2v) is 4.85. The number of hydrogen-bond donors (Lipinski definition) is 1. The summed E-state index contributed by atoms with van der Waals surface area (Å²) in [5, 5.41) is 6.58. The van der Waals surface area contributed by atoms with Crippen LogP contribution in [0.1, 0.15) is 20.7 Å². The first-order valence-electron chi connectivity index (χ1n) is 6.12. The van der Waals surface area contributed by atoms with Gasteiger partial charge in [0.05, 0.1) is 12.7 Å². The summed E-state index contributed by atoms with van der Waals surface area (Å²) in [7, 11) is 1.70. The minimum atomic E-state index is -0.492. The predicted molar refractivity (Wildman–Crippen MR) is 77.8 cm³/mol. The molecule has 0 aromatic carbocycles. The van der Waals surface area contributed by atoms with Crippen molar-refractivity contribution >= 4 is 27.8 Å². The molecule has 0 aliphatic carbocycles. The molecule has 0 saturated heterocycles. The van der Waals surface area contributed by atoms with Crippen LogP contribution in [0, 0.1) is 0 Å². The van der Waals surface area contributed by atoms with Gasteiger partial charge in [0.15, 0.2) is 0 Å². The lowest BCUT2D eigenvalue weighted by Crippen LogP contribution is -2.28. The first kappa shape index (κ1) is 15.2. The van der Waals surface area contributed by atoms with Crippen LogP contribution in [0.25, 0.3) is 0 Å². The molecule has 0 unspecified atom stereocenters. The molecule has 0 saturated carbocycles. The summed E-state index contributed by atoms with van der Waals surface area (Å²) >= 11 is 3.24. The Bertz CT molecular complexity index is 642. The van der Waals surface area contributed by atoms with Gasteiger partial charge in [-0.15, -0.1) is 0 Å². The minimum Gasteiger partial charge on any atom is -0.460 e. The molecule has 0 spiro atoms. The van der Waals surface area contributed by atoms with Crippen LogP contribution in [0.3, 0.4) is 0 Å². The summed E-state index contributed by atoms with van der Waals surface area (Å²) in [6, 6.07) is 3.21. The van der Waals surface area contributed by atoms with E-state index in [4.69, 9.17) is 4.74 Å². The third-order valence-corrected chi connectivity index (χ3v) is 3.59. The summed E-state index contributed by atoms with van der Waals surface area (Å²) in [6.45, 7) is 0.307. The van der Waals surface area contributed by atoms with Gasteiger partial charge in [0.2, 0.25) is 0 Å². The van der Waals surface area contributed by atoms with E-state index in [2.05, 4.69) is 31.3 Å². The van der Waals surface area contributed by atoms with Gasteiger partial charge >= 0.3 is 5.97 Å². The number of rotatable bonds is 5. The monoisotopic (exact) mass is 352 g/mol. The number of pyridine rings is 1. The zero-order valence-corrected chi connectivity index (χ0v) is 12.8. The van der Waals surface area contributed by atoms with E-state index in [0.29, 0.717) is 15.7 Å². The fraction of sp³-hybridized carbons (Fsp3) is 0.231. The lowest BCUT2D eigenvalue weighted by Gasteiger charge is -2.06. The fourth-order valence-corrected chi connectivity index (χ4v) is 1.91. The number of nitrogens with zero attached hydrogens (tertiary/aromatic N) is 3. The molecule has 0 bridgehead atoms. The lowest BCUT2D eigenvalue weighted by molar-refractivity contribution is 0.0502. The molecule has 7 nitrogen and oxygen atoms in total. The van der Waals surface area contributed by atoms with Gasteiger partial charge in [-0.2, -0.15) is 5.10 Å². The standard InChI is InChI=1S/C13H13BrN4O3/c1-18-11(14)10(8-17-18)13(20)21-7-6-16-12(19)9-2-4-15-5-3-9/h2-5,8H,6-7H2,1H3,(H,16,19). The Kier molecular flexibility index (Phi) is 5.04. The Morgan fingerprint density at radius 2 is 2.10 bits per heavy atom. The number of carbonyl (C=O) groups is 2. The second kappa shape index (κ2) is 6.98. The van der Waals surface area contributed by atoms with E-state index in [0.717, 1.165) is 0 Å². The van der Waals surface area contributed by atoms with E-state index >= 15 is 0 Å². The highest BCUT2D eigenvalue weighted by molar-refractivity contribution is 9.10. The van der Waals surface area contributed by atoms with Crippen LogP contribution in [0.4, 0.5) is 0 Å². The number of aromatic nitrogens is 3. The van der Waals surface area contributed by atoms with E-state index in [-0.39, 0.29) is 19.1 Å². The predicted octanol–water partition coefficient (Wildman–Crippen LogP) is 1.16. The van der Waals surface area contributed by atoms with Crippen LogP contribution in [0.15, 0.2) is 35.3 Å². The van der Waals surface area contributed by atoms with Crippen LogP contribution >= 0.6 is 15.9 Å². The smallest absolute Gasteiger partial charge is 0.342 e. The number of hydrogen-bond acceptors (Lipinski definition) is 5. The molecule has 0 radical (unpaired) electrons. The van der Waals surface area contributed by atoms with Gasteiger partial charge < -0.3 is 10.1 Å². The van der Waals surface area contributed by atoms with Crippen molar-refractivity contribution in [3.05, 3.63) is 46.5 Å². The molecule has 1 N–H and O–H groups in total. The highest BCUT2D eigenvalue weighted by Crippen LogP contribution is 2.15. The molecule has 2 aromatic heterocycles. The summed E-state index contributed by atoms with van der Waals surface area (Å²) in [4.78, 5) is 27.3. The average molecular weight is 353 g/mol. The summed E-state index contributed by atoms with van der Waals surface area (Å²) < 4.78 is 7.12. The first-order valence-corrected chi connectivity index (χ1v) is 6.91. The van der Waals surface area contributed by atoms with E-state index in [1.54, 1.807) is 19.2 Å². The van der Waals surface area contributed by atoms with Gasteiger partial charge in [-0.3, -0.25) is 14.5 Å². The summed E-state index contributed by atoms with van der Waals surface area (Å²) in [5.74, 6) is -0.732. The largest absolute Gasteiger partial charge is 0.460 e. The maximum Gasteiger partial charge on any atom is 0.342 e. The van der Waals surface area contributed by atoms with Gasteiger partial charge in [-0.05, 0) is 28.1 Å². The Morgan fingerprint density at radius 1 is 1.38 bits per heavy atom. The molecule has 0 aliphatic heterocycles. The van der Waals surface area contributed by atoms with Crippen LogP contribution in [-0.2, 0) is 11.8 Å². The molecular formula is C13H13BrN4O3. The third kappa shape index (κ3) is 3.88. The zero-order chi connectivity index (χ0) is 15.2. The van der Waals surface area contributed by atoms with Crippen molar-refractivity contribution in [2.24, 2.45) is 7.05 Å². The van der Waals surface area contributed by atoms with Gasteiger partial charge in [0.1, 0.15) is 16.8 Å². The van der Waals surface area contributed by atoms with Gasteiger partial charge in [-0.25, -0.2) is 4.79 Å². The molecule has 0 atom stereocenters. The Labute approximate surface area is 129 Å². The SMILES string of the molecule is Cn1ncc(C(=O)OCCNC(=O)c2ccncc2)c1Br. The van der Waals surface area contributed by atoms with E-state index in [1.807, 2.05) is 0 Å². The topological polar surface area (TPSA) is 86.1 Å². The molecule has 0 fully saturated rings. The quantitative estimate of drug-likeness (QED) is 0.644. The number of halogens is 1. The van der Waals surface area contributed by atoms with Crippen molar-refractivity contribution in [1.29, 1.82) is 0 Å². The van der Waals surface area contributed by atoms with E-state index < -0.39 is 5.97 Å². The van der Waals surface area contributed by atoms with Gasteiger partial charge in [0.25, 0.3) is 5.91 Å². The molecule has 1 amide bonds. The molecule has 0 aliphatic rings. The molecule has 2 rings (SSSR count). The van der Waals surface area contributed by atoms with Crippen LogP contribution in [0.5, 0.6) is 0 Å². The van der Waals surface area contributed by atoms with Crippen molar-refractivity contribution in [1.82, 2.24) is 20.1 Å². The van der Waals surface area contributed by atoms with Crippen molar-refractivity contribution in [3.63, 3.8) is 0 Å². The van der Waals surface area contributed by atoms with Crippen LogP contribution < -0.4 is 5.32 Å². The molecule has 2 heterocycles. The number of ether oxygens (including phenoxy) is 1. The lowest BCUT2D eigenvalue weighted by atomic mass is 10.2.